The monoisotopic (exact) mass is 267 g/mol. The molecule has 0 saturated carbocycles. The molecule has 1 unspecified atom stereocenters. The van der Waals surface area contributed by atoms with Gasteiger partial charge in [0.15, 0.2) is 0 Å². The average molecular weight is 268 g/mol. The van der Waals surface area contributed by atoms with Crippen LogP contribution >= 0.6 is 15.9 Å². The van der Waals surface area contributed by atoms with Gasteiger partial charge in [0.1, 0.15) is 0 Å². The summed E-state index contributed by atoms with van der Waals surface area (Å²) in [5, 5.41) is 3.61. The van der Waals surface area contributed by atoms with Gasteiger partial charge in [0.2, 0.25) is 0 Å². The van der Waals surface area contributed by atoms with Gasteiger partial charge in [0.05, 0.1) is 0 Å². The highest BCUT2D eigenvalue weighted by molar-refractivity contribution is 9.10. The van der Waals surface area contributed by atoms with E-state index in [2.05, 4.69) is 52.4 Å². The molecule has 0 bridgehead atoms. The van der Waals surface area contributed by atoms with Gasteiger partial charge in [0.25, 0.3) is 0 Å². The van der Waals surface area contributed by atoms with E-state index in [1.807, 2.05) is 0 Å². The van der Waals surface area contributed by atoms with Gasteiger partial charge >= 0.3 is 0 Å². The lowest BCUT2D eigenvalue weighted by Crippen LogP contribution is -2.36. The highest BCUT2D eigenvalue weighted by Gasteiger charge is 2.27. The van der Waals surface area contributed by atoms with Gasteiger partial charge in [-0.3, -0.25) is 0 Å². The van der Waals surface area contributed by atoms with Gasteiger partial charge in [-0.05, 0) is 50.8 Å². The third-order valence-corrected chi connectivity index (χ3v) is 4.13. The predicted octanol–water partition coefficient (Wildman–Crippen LogP) is 3.52. The predicted molar refractivity (Wildman–Crippen MR) is 68.1 cm³/mol. The van der Waals surface area contributed by atoms with Gasteiger partial charge in [-0.25, -0.2) is 0 Å². The zero-order chi connectivity index (χ0) is 10.7. The maximum atomic E-state index is 3.61. The Morgan fingerprint density at radius 1 is 1.40 bits per heavy atom. The van der Waals surface area contributed by atoms with Crippen LogP contribution in [-0.4, -0.2) is 12.1 Å². The van der Waals surface area contributed by atoms with Crippen LogP contribution in [0, 0.1) is 0 Å². The van der Waals surface area contributed by atoms with E-state index in [1.54, 1.807) is 0 Å². The van der Waals surface area contributed by atoms with E-state index in [0.717, 1.165) is 6.42 Å². The maximum Gasteiger partial charge on any atom is 0.0207 e. The molecule has 1 aromatic carbocycles. The van der Waals surface area contributed by atoms with Crippen molar-refractivity contribution < 1.29 is 0 Å². The molecule has 2 rings (SSSR count). The van der Waals surface area contributed by atoms with Crippen LogP contribution in [0.1, 0.15) is 31.7 Å². The van der Waals surface area contributed by atoms with Crippen molar-refractivity contribution in [3.05, 3.63) is 34.3 Å². The number of rotatable bonds is 3. The van der Waals surface area contributed by atoms with Crippen molar-refractivity contribution in [1.82, 2.24) is 5.32 Å². The number of hydrogen-bond donors (Lipinski definition) is 1. The topological polar surface area (TPSA) is 12.0 Å². The molecule has 1 N–H and O–H groups in total. The number of halogens is 1. The fourth-order valence-corrected chi connectivity index (χ4v) is 2.77. The maximum absolute atomic E-state index is 3.61. The number of hydrogen-bond acceptors (Lipinski definition) is 1. The Morgan fingerprint density at radius 2 is 2.20 bits per heavy atom. The molecule has 1 atom stereocenters. The molecule has 1 aliphatic heterocycles. The first kappa shape index (κ1) is 11.2. The second-order valence-corrected chi connectivity index (χ2v) is 5.54. The Balaban J connectivity index is 1.95. The van der Waals surface area contributed by atoms with Crippen molar-refractivity contribution in [2.75, 3.05) is 6.54 Å². The molecule has 82 valence electrons. The smallest absolute Gasteiger partial charge is 0.0207 e. The SMILES string of the molecule is CC1(CCc2ccccc2Br)CCCN1. The van der Waals surface area contributed by atoms with Crippen molar-refractivity contribution in [2.24, 2.45) is 0 Å². The lowest BCUT2D eigenvalue weighted by atomic mass is 9.92. The molecule has 2 heteroatoms. The molecule has 0 aliphatic carbocycles. The van der Waals surface area contributed by atoms with Crippen LogP contribution in [0.25, 0.3) is 0 Å². The van der Waals surface area contributed by atoms with Crippen LogP contribution in [0.5, 0.6) is 0 Å². The van der Waals surface area contributed by atoms with Gasteiger partial charge in [-0.1, -0.05) is 34.1 Å². The highest BCUT2D eigenvalue weighted by atomic mass is 79.9. The lowest BCUT2D eigenvalue weighted by Gasteiger charge is -2.24. The molecule has 1 heterocycles. The van der Waals surface area contributed by atoms with E-state index < -0.39 is 0 Å². The summed E-state index contributed by atoms with van der Waals surface area (Å²) in [5.41, 5.74) is 1.79. The van der Waals surface area contributed by atoms with Crippen LogP contribution in [0.2, 0.25) is 0 Å². The Kier molecular flexibility index (Phi) is 3.47. The molecule has 0 spiro atoms. The van der Waals surface area contributed by atoms with Gasteiger partial charge in [0, 0.05) is 10.0 Å². The number of aryl methyl sites for hydroxylation is 1. The second-order valence-electron chi connectivity index (χ2n) is 4.68. The Hall–Kier alpha value is -0.340. The first-order chi connectivity index (χ1) is 7.20. The molecule has 1 nitrogen and oxygen atoms in total. The van der Waals surface area contributed by atoms with Crippen LogP contribution in [0.15, 0.2) is 28.7 Å². The number of benzene rings is 1. The van der Waals surface area contributed by atoms with Crippen LogP contribution in [0.4, 0.5) is 0 Å². The third kappa shape index (κ3) is 2.82. The van der Waals surface area contributed by atoms with Gasteiger partial charge < -0.3 is 5.32 Å². The molecular weight excluding hydrogens is 250 g/mol. The molecule has 0 aromatic heterocycles. The minimum atomic E-state index is 0.370. The van der Waals surface area contributed by atoms with E-state index >= 15 is 0 Å². The molecule has 0 radical (unpaired) electrons. The minimum absolute atomic E-state index is 0.370. The van der Waals surface area contributed by atoms with Crippen molar-refractivity contribution in [3.63, 3.8) is 0 Å². The summed E-state index contributed by atoms with van der Waals surface area (Å²) in [6.45, 7) is 3.53. The molecular formula is C13H18BrN. The van der Waals surface area contributed by atoms with E-state index in [0.29, 0.717) is 5.54 Å². The van der Waals surface area contributed by atoms with Crippen molar-refractivity contribution >= 4 is 15.9 Å². The molecule has 1 aliphatic rings. The Bertz CT molecular complexity index is 329. The van der Waals surface area contributed by atoms with Crippen LogP contribution < -0.4 is 5.32 Å². The van der Waals surface area contributed by atoms with E-state index in [9.17, 15) is 0 Å². The van der Waals surface area contributed by atoms with E-state index in [4.69, 9.17) is 0 Å². The quantitative estimate of drug-likeness (QED) is 0.884. The molecule has 0 amide bonds. The third-order valence-electron chi connectivity index (χ3n) is 3.36. The summed E-state index contributed by atoms with van der Waals surface area (Å²) in [5.74, 6) is 0. The normalized spacial score (nSPS) is 25.7. The average Bonchev–Trinajstić information content (AvgIpc) is 2.65. The largest absolute Gasteiger partial charge is 0.312 e. The molecule has 15 heavy (non-hydrogen) atoms. The van der Waals surface area contributed by atoms with Crippen molar-refractivity contribution in [2.45, 2.75) is 38.1 Å². The molecule has 1 aromatic rings. The zero-order valence-electron chi connectivity index (χ0n) is 9.22. The van der Waals surface area contributed by atoms with E-state index in [1.165, 1.54) is 35.8 Å². The minimum Gasteiger partial charge on any atom is -0.312 e. The van der Waals surface area contributed by atoms with E-state index in [-0.39, 0.29) is 0 Å². The first-order valence-electron chi connectivity index (χ1n) is 5.68. The summed E-state index contributed by atoms with van der Waals surface area (Å²) >= 11 is 3.60. The second kappa shape index (κ2) is 4.67. The molecule has 1 fully saturated rings. The van der Waals surface area contributed by atoms with Gasteiger partial charge in [-0.15, -0.1) is 0 Å². The number of nitrogens with one attached hydrogen (secondary N) is 1. The Morgan fingerprint density at radius 3 is 2.87 bits per heavy atom. The first-order valence-corrected chi connectivity index (χ1v) is 6.47. The fraction of sp³-hybridized carbons (Fsp3) is 0.538. The van der Waals surface area contributed by atoms with Crippen molar-refractivity contribution in [1.29, 1.82) is 0 Å². The van der Waals surface area contributed by atoms with Gasteiger partial charge in [-0.2, -0.15) is 0 Å². The summed E-state index contributed by atoms with van der Waals surface area (Å²) in [6.07, 6.45) is 5.03. The summed E-state index contributed by atoms with van der Waals surface area (Å²) < 4.78 is 1.24. The fourth-order valence-electron chi connectivity index (χ4n) is 2.28. The summed E-state index contributed by atoms with van der Waals surface area (Å²) in [4.78, 5) is 0. The summed E-state index contributed by atoms with van der Waals surface area (Å²) in [6, 6.07) is 8.52. The lowest BCUT2D eigenvalue weighted by molar-refractivity contribution is 0.384. The van der Waals surface area contributed by atoms with Crippen LogP contribution in [0.3, 0.4) is 0 Å². The van der Waals surface area contributed by atoms with Crippen molar-refractivity contribution in [3.8, 4) is 0 Å². The Labute approximate surface area is 100 Å². The standard InChI is InChI=1S/C13H18BrN/c1-13(8-4-10-15-13)9-7-11-5-2-3-6-12(11)14/h2-3,5-6,15H,4,7-10H2,1H3. The zero-order valence-corrected chi connectivity index (χ0v) is 10.8. The van der Waals surface area contributed by atoms with Crippen LogP contribution in [-0.2, 0) is 6.42 Å². The molecule has 1 saturated heterocycles. The highest BCUT2D eigenvalue weighted by Crippen LogP contribution is 2.26. The summed E-state index contributed by atoms with van der Waals surface area (Å²) in [7, 11) is 0.